The summed E-state index contributed by atoms with van der Waals surface area (Å²) in [4.78, 5) is 19.8. The number of aliphatic hydroxyl groups excluding tert-OH is 1. The molecule has 0 aliphatic carbocycles. The van der Waals surface area contributed by atoms with E-state index in [1.54, 1.807) is 24.3 Å². The van der Waals surface area contributed by atoms with E-state index in [0.717, 1.165) is 11.6 Å². The van der Waals surface area contributed by atoms with Gasteiger partial charge in [0, 0.05) is 24.9 Å². The molecule has 120 valence electrons. The number of hydrogen-bond acceptors (Lipinski definition) is 5. The summed E-state index contributed by atoms with van der Waals surface area (Å²) in [7, 11) is 0. The van der Waals surface area contributed by atoms with Gasteiger partial charge in [-0.3, -0.25) is 4.79 Å². The number of ketones is 1. The number of aliphatic hydroxyl groups is 1. The van der Waals surface area contributed by atoms with E-state index in [1.165, 1.54) is 30.6 Å². The second-order valence-corrected chi connectivity index (χ2v) is 5.04. The molecule has 2 aromatic heterocycles. The molecule has 24 heavy (non-hydrogen) atoms. The molecule has 0 radical (unpaired) electrons. The number of halogens is 1. The van der Waals surface area contributed by atoms with E-state index in [0.29, 0.717) is 12.2 Å². The van der Waals surface area contributed by atoms with Crippen molar-refractivity contribution in [3.63, 3.8) is 0 Å². The summed E-state index contributed by atoms with van der Waals surface area (Å²) in [6.45, 7) is 0. The number of benzene rings is 1. The Morgan fingerprint density at radius 2 is 1.83 bits per heavy atom. The summed E-state index contributed by atoms with van der Waals surface area (Å²) in [5, 5.41) is 9.86. The van der Waals surface area contributed by atoms with Crippen LogP contribution in [0.4, 0.5) is 4.39 Å². The molecule has 0 spiro atoms. The van der Waals surface area contributed by atoms with E-state index in [-0.39, 0.29) is 23.2 Å². The molecule has 0 fully saturated rings. The summed E-state index contributed by atoms with van der Waals surface area (Å²) >= 11 is 0. The number of furan rings is 1. The monoisotopic (exact) mass is 324 g/mol. The van der Waals surface area contributed by atoms with E-state index in [4.69, 9.17) is 4.42 Å². The number of aromatic nitrogens is 2. The van der Waals surface area contributed by atoms with Crippen LogP contribution in [-0.4, -0.2) is 20.9 Å². The van der Waals surface area contributed by atoms with Gasteiger partial charge in [-0.1, -0.05) is 12.1 Å². The lowest BCUT2D eigenvalue weighted by molar-refractivity contribution is 0.101. The molecular weight excluding hydrogens is 311 g/mol. The van der Waals surface area contributed by atoms with Gasteiger partial charge in [-0.15, -0.1) is 0 Å². The predicted octanol–water partition coefficient (Wildman–Crippen LogP) is 3.58. The van der Waals surface area contributed by atoms with Gasteiger partial charge in [-0.2, -0.15) is 0 Å². The highest BCUT2D eigenvalue weighted by Gasteiger charge is 2.12. The first kappa shape index (κ1) is 15.6. The zero-order valence-corrected chi connectivity index (χ0v) is 12.5. The summed E-state index contributed by atoms with van der Waals surface area (Å²) in [6.07, 6.45) is 4.37. The fraction of sp³-hybridized carbons (Fsp3) is 0.0556. The van der Waals surface area contributed by atoms with Crippen LogP contribution in [0.15, 0.2) is 65.4 Å². The molecule has 3 aromatic rings. The standard InChI is InChI=1S/C18H13FN2O3/c19-13-4-2-12(3-5-13)10-14-6-7-17(24-14)15(22)11-16(23)18-20-8-1-9-21-18/h1-9,11,23H,10H2/b16-11+. The van der Waals surface area contributed by atoms with Crippen LogP contribution in [-0.2, 0) is 6.42 Å². The first-order valence-corrected chi connectivity index (χ1v) is 7.17. The Labute approximate surface area is 137 Å². The molecule has 0 atom stereocenters. The molecule has 1 N–H and O–H groups in total. The van der Waals surface area contributed by atoms with Crippen molar-refractivity contribution in [3.05, 3.63) is 89.7 Å². The smallest absolute Gasteiger partial charge is 0.224 e. The minimum atomic E-state index is -0.495. The molecule has 0 saturated heterocycles. The van der Waals surface area contributed by atoms with Crippen molar-refractivity contribution < 1.29 is 18.7 Å². The van der Waals surface area contributed by atoms with Crippen LogP contribution in [0, 0.1) is 5.82 Å². The highest BCUT2D eigenvalue weighted by molar-refractivity contribution is 6.05. The summed E-state index contributed by atoms with van der Waals surface area (Å²) in [6, 6.07) is 10.8. The predicted molar refractivity (Wildman–Crippen MR) is 84.9 cm³/mol. The van der Waals surface area contributed by atoms with Gasteiger partial charge < -0.3 is 9.52 Å². The zero-order chi connectivity index (χ0) is 16.9. The second-order valence-electron chi connectivity index (χ2n) is 5.04. The van der Waals surface area contributed by atoms with Gasteiger partial charge in [0.05, 0.1) is 0 Å². The molecule has 0 unspecified atom stereocenters. The first-order chi connectivity index (χ1) is 11.6. The molecule has 5 nitrogen and oxygen atoms in total. The Balaban J connectivity index is 1.73. The molecule has 0 saturated carbocycles. The summed E-state index contributed by atoms with van der Waals surface area (Å²) in [5.41, 5.74) is 0.862. The molecule has 0 aliphatic heterocycles. The Kier molecular flexibility index (Phi) is 4.47. The first-order valence-electron chi connectivity index (χ1n) is 7.17. The minimum Gasteiger partial charge on any atom is -0.504 e. The maximum atomic E-state index is 12.9. The van der Waals surface area contributed by atoms with Gasteiger partial charge in [0.15, 0.2) is 17.3 Å². The lowest BCUT2D eigenvalue weighted by Gasteiger charge is -1.98. The number of carbonyl (C=O) groups is 1. The number of rotatable bonds is 5. The molecular formula is C18H13FN2O3. The van der Waals surface area contributed by atoms with Gasteiger partial charge in [0.1, 0.15) is 11.6 Å². The third-order valence-electron chi connectivity index (χ3n) is 3.26. The fourth-order valence-corrected chi connectivity index (χ4v) is 2.10. The van der Waals surface area contributed by atoms with E-state index >= 15 is 0 Å². The third kappa shape index (κ3) is 3.73. The van der Waals surface area contributed by atoms with Crippen molar-refractivity contribution in [2.45, 2.75) is 6.42 Å². The number of carbonyl (C=O) groups excluding carboxylic acids is 1. The highest BCUT2D eigenvalue weighted by atomic mass is 19.1. The summed E-state index contributed by atoms with van der Waals surface area (Å²) in [5.74, 6) is -0.424. The number of allylic oxidation sites excluding steroid dienone is 1. The Hall–Kier alpha value is -3.28. The van der Waals surface area contributed by atoms with Crippen LogP contribution in [0.5, 0.6) is 0 Å². The molecule has 0 aliphatic rings. The van der Waals surface area contributed by atoms with Crippen molar-refractivity contribution in [1.82, 2.24) is 9.97 Å². The average molecular weight is 324 g/mol. The molecule has 6 heteroatoms. The highest BCUT2D eigenvalue weighted by Crippen LogP contribution is 2.16. The maximum absolute atomic E-state index is 12.9. The van der Waals surface area contributed by atoms with Crippen LogP contribution in [0.1, 0.15) is 27.7 Å². The molecule has 3 rings (SSSR count). The quantitative estimate of drug-likeness (QED) is 0.441. The van der Waals surface area contributed by atoms with Gasteiger partial charge in [0.2, 0.25) is 5.78 Å². The van der Waals surface area contributed by atoms with Crippen molar-refractivity contribution in [1.29, 1.82) is 0 Å². The third-order valence-corrected chi connectivity index (χ3v) is 3.26. The van der Waals surface area contributed by atoms with E-state index in [1.807, 2.05) is 0 Å². The topological polar surface area (TPSA) is 76.2 Å². The number of hydrogen-bond donors (Lipinski definition) is 1. The van der Waals surface area contributed by atoms with E-state index in [9.17, 15) is 14.3 Å². The second kappa shape index (κ2) is 6.87. The molecule has 0 bridgehead atoms. The fourth-order valence-electron chi connectivity index (χ4n) is 2.10. The Bertz CT molecular complexity index is 871. The van der Waals surface area contributed by atoms with Crippen molar-refractivity contribution >= 4 is 11.5 Å². The largest absolute Gasteiger partial charge is 0.504 e. The van der Waals surface area contributed by atoms with E-state index in [2.05, 4.69) is 9.97 Å². The maximum Gasteiger partial charge on any atom is 0.224 e. The van der Waals surface area contributed by atoms with Gasteiger partial charge >= 0.3 is 0 Å². The molecule has 1 aromatic carbocycles. The molecule has 0 amide bonds. The number of nitrogens with zero attached hydrogens (tertiary/aromatic N) is 2. The minimum absolute atomic E-state index is 0.0592. The average Bonchev–Trinajstić information content (AvgIpc) is 3.06. The van der Waals surface area contributed by atoms with Gasteiger partial charge in [-0.25, -0.2) is 14.4 Å². The zero-order valence-electron chi connectivity index (χ0n) is 12.5. The van der Waals surface area contributed by atoms with Crippen molar-refractivity contribution in [2.24, 2.45) is 0 Å². The SMILES string of the molecule is O=C(/C=C(/O)c1ncccn1)c1ccc(Cc2ccc(F)cc2)o1. The van der Waals surface area contributed by atoms with Crippen molar-refractivity contribution in [3.8, 4) is 0 Å². The van der Waals surface area contributed by atoms with Gasteiger partial charge in [0.25, 0.3) is 0 Å². The lowest BCUT2D eigenvalue weighted by atomic mass is 10.1. The van der Waals surface area contributed by atoms with Crippen LogP contribution < -0.4 is 0 Å². The van der Waals surface area contributed by atoms with Crippen LogP contribution >= 0.6 is 0 Å². The van der Waals surface area contributed by atoms with Crippen LogP contribution in [0.25, 0.3) is 5.76 Å². The van der Waals surface area contributed by atoms with Crippen molar-refractivity contribution in [2.75, 3.05) is 0 Å². The normalized spacial score (nSPS) is 11.5. The van der Waals surface area contributed by atoms with Crippen LogP contribution in [0.3, 0.4) is 0 Å². The molecule has 2 heterocycles. The summed E-state index contributed by atoms with van der Waals surface area (Å²) < 4.78 is 18.4. The van der Waals surface area contributed by atoms with E-state index < -0.39 is 5.78 Å². The van der Waals surface area contributed by atoms with Gasteiger partial charge in [-0.05, 0) is 35.9 Å². The Morgan fingerprint density at radius 1 is 1.12 bits per heavy atom. The van der Waals surface area contributed by atoms with Crippen LogP contribution in [0.2, 0.25) is 0 Å². The lowest BCUT2D eigenvalue weighted by Crippen LogP contribution is -1.97. The Morgan fingerprint density at radius 3 is 2.54 bits per heavy atom.